The molecule has 0 heterocycles. The highest BCUT2D eigenvalue weighted by molar-refractivity contribution is 5.94. The second-order valence-corrected chi connectivity index (χ2v) is 4.42. The molecule has 16 heavy (non-hydrogen) atoms. The van der Waals surface area contributed by atoms with Crippen LogP contribution in [0.25, 0.3) is 0 Å². The van der Waals surface area contributed by atoms with Crippen molar-refractivity contribution in [2.24, 2.45) is 0 Å². The Morgan fingerprint density at radius 1 is 1.12 bits per heavy atom. The molecule has 0 saturated heterocycles. The van der Waals surface area contributed by atoms with Gasteiger partial charge in [-0.2, -0.15) is 0 Å². The molecule has 0 radical (unpaired) electrons. The van der Waals surface area contributed by atoms with Crippen LogP contribution in [0.5, 0.6) is 0 Å². The first-order valence-electron chi connectivity index (χ1n) is 6.34. The molecule has 0 unspecified atom stereocenters. The zero-order chi connectivity index (χ0) is 11.8. The second-order valence-electron chi connectivity index (χ2n) is 4.42. The van der Waals surface area contributed by atoms with Gasteiger partial charge in [0.15, 0.2) is 5.78 Å². The van der Waals surface area contributed by atoms with Gasteiger partial charge in [0.25, 0.3) is 0 Å². The SMILES string of the molecule is CCCCCCCc1cccc(C(C)=O)c1. The molecule has 0 fully saturated rings. The molecule has 0 spiro atoms. The Morgan fingerprint density at radius 2 is 1.88 bits per heavy atom. The number of Topliss-reactive ketones (excluding diaryl/α,β-unsaturated/α-hetero) is 1. The van der Waals surface area contributed by atoms with Crippen molar-refractivity contribution in [2.75, 3.05) is 0 Å². The highest BCUT2D eigenvalue weighted by atomic mass is 16.1. The maximum Gasteiger partial charge on any atom is 0.159 e. The summed E-state index contributed by atoms with van der Waals surface area (Å²) >= 11 is 0. The van der Waals surface area contributed by atoms with Crippen LogP contribution in [0.4, 0.5) is 0 Å². The van der Waals surface area contributed by atoms with Gasteiger partial charge in [-0.15, -0.1) is 0 Å². The van der Waals surface area contributed by atoms with E-state index in [1.54, 1.807) is 6.92 Å². The number of ketones is 1. The molecular weight excluding hydrogens is 196 g/mol. The van der Waals surface area contributed by atoms with Crippen LogP contribution in [-0.4, -0.2) is 5.78 Å². The molecule has 1 aromatic rings. The van der Waals surface area contributed by atoms with E-state index in [2.05, 4.69) is 13.0 Å². The van der Waals surface area contributed by atoms with Crippen LogP contribution in [0.3, 0.4) is 0 Å². The third kappa shape index (κ3) is 4.61. The van der Waals surface area contributed by atoms with E-state index in [1.165, 1.54) is 37.7 Å². The van der Waals surface area contributed by atoms with Crippen LogP contribution in [0.15, 0.2) is 24.3 Å². The van der Waals surface area contributed by atoms with Gasteiger partial charge >= 0.3 is 0 Å². The topological polar surface area (TPSA) is 17.1 Å². The van der Waals surface area contributed by atoms with Gasteiger partial charge in [0.1, 0.15) is 0 Å². The summed E-state index contributed by atoms with van der Waals surface area (Å²) in [5.41, 5.74) is 2.13. The maximum atomic E-state index is 11.2. The highest BCUT2D eigenvalue weighted by Crippen LogP contribution is 2.11. The average molecular weight is 218 g/mol. The van der Waals surface area contributed by atoms with E-state index in [0.29, 0.717) is 0 Å². The average Bonchev–Trinajstić information content (AvgIpc) is 2.29. The van der Waals surface area contributed by atoms with E-state index in [-0.39, 0.29) is 5.78 Å². The highest BCUT2D eigenvalue weighted by Gasteiger charge is 2.00. The lowest BCUT2D eigenvalue weighted by atomic mass is 10.0. The van der Waals surface area contributed by atoms with Gasteiger partial charge in [0.05, 0.1) is 0 Å². The van der Waals surface area contributed by atoms with Crippen LogP contribution in [-0.2, 0) is 6.42 Å². The van der Waals surface area contributed by atoms with Crippen molar-refractivity contribution in [2.45, 2.75) is 52.4 Å². The van der Waals surface area contributed by atoms with Crippen molar-refractivity contribution >= 4 is 5.78 Å². The zero-order valence-electron chi connectivity index (χ0n) is 10.5. The third-order valence-corrected chi connectivity index (χ3v) is 2.90. The summed E-state index contributed by atoms with van der Waals surface area (Å²) in [5.74, 6) is 0.160. The van der Waals surface area contributed by atoms with Gasteiger partial charge in [-0.25, -0.2) is 0 Å². The lowest BCUT2D eigenvalue weighted by Gasteiger charge is -2.03. The van der Waals surface area contributed by atoms with Crippen molar-refractivity contribution in [3.05, 3.63) is 35.4 Å². The maximum absolute atomic E-state index is 11.2. The minimum absolute atomic E-state index is 0.160. The molecule has 88 valence electrons. The summed E-state index contributed by atoms with van der Waals surface area (Å²) in [5, 5.41) is 0. The fourth-order valence-electron chi connectivity index (χ4n) is 1.88. The molecule has 0 amide bonds. The number of hydrogen-bond acceptors (Lipinski definition) is 1. The van der Waals surface area contributed by atoms with Crippen molar-refractivity contribution in [1.82, 2.24) is 0 Å². The fraction of sp³-hybridized carbons (Fsp3) is 0.533. The van der Waals surface area contributed by atoms with E-state index < -0.39 is 0 Å². The molecule has 1 heteroatoms. The number of hydrogen-bond donors (Lipinski definition) is 0. The van der Waals surface area contributed by atoms with E-state index in [9.17, 15) is 4.79 Å². The van der Waals surface area contributed by atoms with Gasteiger partial charge in [0, 0.05) is 5.56 Å². The Labute approximate surface area is 98.9 Å². The molecule has 0 bridgehead atoms. The number of rotatable bonds is 7. The summed E-state index contributed by atoms with van der Waals surface area (Å²) in [4.78, 5) is 11.2. The molecule has 0 aliphatic rings. The summed E-state index contributed by atoms with van der Waals surface area (Å²) in [6.45, 7) is 3.86. The largest absolute Gasteiger partial charge is 0.295 e. The van der Waals surface area contributed by atoms with Gasteiger partial charge in [-0.3, -0.25) is 4.79 Å². The van der Waals surface area contributed by atoms with Crippen LogP contribution in [0.1, 0.15) is 61.9 Å². The summed E-state index contributed by atoms with van der Waals surface area (Å²) in [6.07, 6.45) is 7.61. The zero-order valence-corrected chi connectivity index (χ0v) is 10.5. The Hall–Kier alpha value is -1.11. The summed E-state index contributed by atoms with van der Waals surface area (Å²) in [7, 11) is 0. The molecule has 0 aliphatic carbocycles. The van der Waals surface area contributed by atoms with E-state index in [0.717, 1.165) is 12.0 Å². The van der Waals surface area contributed by atoms with Gasteiger partial charge in [-0.05, 0) is 31.4 Å². The Bertz CT molecular complexity index is 328. The second kappa shape index (κ2) is 7.21. The monoisotopic (exact) mass is 218 g/mol. The fourth-order valence-corrected chi connectivity index (χ4v) is 1.88. The van der Waals surface area contributed by atoms with Crippen LogP contribution >= 0.6 is 0 Å². The molecule has 0 aliphatic heterocycles. The quantitative estimate of drug-likeness (QED) is 0.489. The van der Waals surface area contributed by atoms with Crippen molar-refractivity contribution < 1.29 is 4.79 Å². The van der Waals surface area contributed by atoms with Gasteiger partial charge in [-0.1, -0.05) is 50.8 Å². The summed E-state index contributed by atoms with van der Waals surface area (Å²) in [6, 6.07) is 8.02. The Kier molecular flexibility index (Phi) is 5.84. The molecule has 0 atom stereocenters. The molecule has 0 N–H and O–H groups in total. The van der Waals surface area contributed by atoms with Crippen molar-refractivity contribution in [3.8, 4) is 0 Å². The van der Waals surface area contributed by atoms with Gasteiger partial charge < -0.3 is 0 Å². The first-order valence-corrected chi connectivity index (χ1v) is 6.34. The lowest BCUT2D eigenvalue weighted by molar-refractivity contribution is 0.101. The number of aryl methyl sites for hydroxylation is 1. The predicted molar refractivity (Wildman–Crippen MR) is 68.9 cm³/mol. The van der Waals surface area contributed by atoms with Crippen molar-refractivity contribution in [3.63, 3.8) is 0 Å². The molecule has 1 rings (SSSR count). The van der Waals surface area contributed by atoms with E-state index in [4.69, 9.17) is 0 Å². The summed E-state index contributed by atoms with van der Waals surface area (Å²) < 4.78 is 0. The minimum atomic E-state index is 0.160. The Morgan fingerprint density at radius 3 is 2.56 bits per heavy atom. The van der Waals surface area contributed by atoms with Crippen LogP contribution in [0.2, 0.25) is 0 Å². The smallest absolute Gasteiger partial charge is 0.159 e. The lowest BCUT2D eigenvalue weighted by Crippen LogP contribution is -1.94. The molecular formula is C15H22O. The standard InChI is InChI=1S/C15H22O/c1-3-4-5-6-7-9-14-10-8-11-15(12-14)13(2)16/h8,10-12H,3-7,9H2,1-2H3. The number of carbonyl (C=O) groups is 1. The predicted octanol–water partition coefficient (Wildman–Crippen LogP) is 4.40. The first kappa shape index (κ1) is 13.0. The number of benzene rings is 1. The van der Waals surface area contributed by atoms with Crippen LogP contribution < -0.4 is 0 Å². The Balaban J connectivity index is 2.36. The third-order valence-electron chi connectivity index (χ3n) is 2.90. The minimum Gasteiger partial charge on any atom is -0.295 e. The molecule has 1 aromatic carbocycles. The number of carbonyl (C=O) groups excluding carboxylic acids is 1. The van der Waals surface area contributed by atoms with Crippen LogP contribution in [0, 0.1) is 0 Å². The van der Waals surface area contributed by atoms with E-state index >= 15 is 0 Å². The van der Waals surface area contributed by atoms with E-state index in [1.807, 2.05) is 18.2 Å². The van der Waals surface area contributed by atoms with Gasteiger partial charge in [0.2, 0.25) is 0 Å². The molecule has 0 saturated carbocycles. The number of unbranched alkanes of at least 4 members (excludes halogenated alkanes) is 4. The molecule has 0 aromatic heterocycles. The molecule has 1 nitrogen and oxygen atoms in total. The first-order chi connectivity index (χ1) is 7.74. The normalized spacial score (nSPS) is 10.4. The van der Waals surface area contributed by atoms with Crippen molar-refractivity contribution in [1.29, 1.82) is 0 Å².